The van der Waals surface area contributed by atoms with E-state index in [0.29, 0.717) is 12.2 Å². The third kappa shape index (κ3) is 5.09. The number of hydrogen-bond acceptors (Lipinski definition) is 4. The van der Waals surface area contributed by atoms with Crippen molar-refractivity contribution in [1.29, 1.82) is 0 Å². The lowest BCUT2D eigenvalue weighted by Crippen LogP contribution is -2.40. The highest BCUT2D eigenvalue weighted by molar-refractivity contribution is 7.89. The van der Waals surface area contributed by atoms with E-state index in [4.69, 9.17) is 33.7 Å². The quantitative estimate of drug-likeness (QED) is 0.788. The lowest BCUT2D eigenvalue weighted by molar-refractivity contribution is -0.00515. The first kappa shape index (κ1) is 18.7. The van der Waals surface area contributed by atoms with Crippen LogP contribution in [0.15, 0.2) is 17.0 Å². The van der Waals surface area contributed by atoms with Gasteiger partial charge >= 0.3 is 0 Å². The van der Waals surface area contributed by atoms with Crippen LogP contribution in [0.3, 0.4) is 0 Å². The van der Waals surface area contributed by atoms with Crippen LogP contribution >= 0.6 is 23.2 Å². The summed E-state index contributed by atoms with van der Waals surface area (Å²) in [5.74, 6) is 0. The predicted octanol–water partition coefficient (Wildman–Crippen LogP) is 2.55. The first-order valence-corrected chi connectivity index (χ1v) is 8.68. The number of rotatable bonds is 7. The molecule has 5 nitrogen and oxygen atoms in total. The zero-order valence-electron chi connectivity index (χ0n) is 12.2. The summed E-state index contributed by atoms with van der Waals surface area (Å²) >= 11 is 12.0. The van der Waals surface area contributed by atoms with Gasteiger partial charge in [0.2, 0.25) is 10.0 Å². The van der Waals surface area contributed by atoms with Crippen LogP contribution in [0.5, 0.6) is 0 Å². The third-order valence-electron chi connectivity index (χ3n) is 2.81. The number of nitrogens with two attached hydrogens (primary N) is 1. The maximum Gasteiger partial charge on any atom is 0.242 e. The fraction of sp³-hybridized carbons (Fsp3) is 0.538. The van der Waals surface area contributed by atoms with E-state index < -0.39 is 15.6 Å². The van der Waals surface area contributed by atoms with Crippen molar-refractivity contribution >= 4 is 33.2 Å². The van der Waals surface area contributed by atoms with Crippen molar-refractivity contribution < 1.29 is 13.2 Å². The highest BCUT2D eigenvalue weighted by atomic mass is 35.5. The van der Waals surface area contributed by atoms with Gasteiger partial charge in [0.25, 0.3) is 0 Å². The van der Waals surface area contributed by atoms with Crippen LogP contribution in [0.2, 0.25) is 10.0 Å². The van der Waals surface area contributed by atoms with Crippen molar-refractivity contribution in [2.75, 3.05) is 13.2 Å². The number of halogens is 2. The van der Waals surface area contributed by atoms with Gasteiger partial charge in [-0.15, -0.1) is 0 Å². The van der Waals surface area contributed by atoms with Gasteiger partial charge in [-0.25, -0.2) is 13.1 Å². The highest BCUT2D eigenvalue weighted by Gasteiger charge is 2.25. The summed E-state index contributed by atoms with van der Waals surface area (Å²) in [6.07, 6.45) is 0. The normalized spacial score (nSPS) is 12.7. The molecule has 1 aromatic carbocycles. The van der Waals surface area contributed by atoms with Crippen LogP contribution in [0.4, 0.5) is 0 Å². The molecule has 0 spiro atoms. The molecule has 1 aromatic rings. The van der Waals surface area contributed by atoms with E-state index in [9.17, 15) is 8.42 Å². The van der Waals surface area contributed by atoms with Gasteiger partial charge in [-0.05, 0) is 38.5 Å². The first-order chi connectivity index (χ1) is 9.63. The molecule has 0 aliphatic heterocycles. The summed E-state index contributed by atoms with van der Waals surface area (Å²) in [7, 11) is -3.80. The van der Waals surface area contributed by atoms with Crippen molar-refractivity contribution in [3.63, 3.8) is 0 Å². The van der Waals surface area contributed by atoms with Gasteiger partial charge in [-0.1, -0.05) is 23.2 Å². The monoisotopic (exact) mass is 354 g/mol. The first-order valence-electron chi connectivity index (χ1n) is 6.44. The molecule has 120 valence electrons. The van der Waals surface area contributed by atoms with E-state index in [2.05, 4.69) is 4.72 Å². The Balaban J connectivity index is 3.06. The molecular weight excluding hydrogens is 335 g/mol. The zero-order valence-corrected chi connectivity index (χ0v) is 14.6. The molecular formula is C13H20Cl2N2O3S. The molecule has 0 amide bonds. The summed E-state index contributed by atoms with van der Waals surface area (Å²) < 4.78 is 32.7. The molecule has 21 heavy (non-hydrogen) atoms. The SMILES string of the molecule is CCOC(C)(C)CNS(=O)(=O)c1cc(Cl)cc(CN)c1Cl. The molecule has 0 saturated carbocycles. The van der Waals surface area contributed by atoms with Crippen LogP contribution < -0.4 is 10.5 Å². The Morgan fingerprint density at radius 3 is 2.48 bits per heavy atom. The van der Waals surface area contributed by atoms with Gasteiger partial charge in [0.1, 0.15) is 4.90 Å². The fourth-order valence-corrected chi connectivity index (χ4v) is 3.89. The highest BCUT2D eigenvalue weighted by Crippen LogP contribution is 2.29. The molecule has 0 saturated heterocycles. The van der Waals surface area contributed by atoms with Gasteiger partial charge in [-0.2, -0.15) is 0 Å². The smallest absolute Gasteiger partial charge is 0.242 e. The molecule has 0 aliphatic carbocycles. The maximum atomic E-state index is 12.4. The number of benzene rings is 1. The second-order valence-electron chi connectivity index (χ2n) is 5.10. The predicted molar refractivity (Wildman–Crippen MR) is 85.2 cm³/mol. The van der Waals surface area contributed by atoms with Crippen LogP contribution in [0.1, 0.15) is 26.3 Å². The van der Waals surface area contributed by atoms with E-state index in [1.165, 1.54) is 6.07 Å². The Morgan fingerprint density at radius 1 is 1.33 bits per heavy atom. The summed E-state index contributed by atoms with van der Waals surface area (Å²) in [6.45, 7) is 6.14. The van der Waals surface area contributed by atoms with Crippen molar-refractivity contribution in [3.8, 4) is 0 Å². The molecule has 0 aliphatic rings. The molecule has 0 bridgehead atoms. The Labute approximate surface area is 135 Å². The lowest BCUT2D eigenvalue weighted by atomic mass is 10.1. The van der Waals surface area contributed by atoms with E-state index in [1.54, 1.807) is 19.9 Å². The third-order valence-corrected chi connectivity index (χ3v) is 5.01. The van der Waals surface area contributed by atoms with E-state index >= 15 is 0 Å². The second-order valence-corrected chi connectivity index (χ2v) is 7.65. The molecule has 0 radical (unpaired) electrons. The van der Waals surface area contributed by atoms with E-state index in [1.807, 2.05) is 6.92 Å². The van der Waals surface area contributed by atoms with Gasteiger partial charge in [0.05, 0.1) is 10.6 Å². The summed E-state index contributed by atoms with van der Waals surface area (Å²) in [6, 6.07) is 2.85. The van der Waals surface area contributed by atoms with Gasteiger partial charge in [0, 0.05) is 24.7 Å². The summed E-state index contributed by atoms with van der Waals surface area (Å²) in [4.78, 5) is -0.0792. The zero-order chi connectivity index (χ0) is 16.3. The van der Waals surface area contributed by atoms with E-state index in [0.717, 1.165) is 0 Å². The van der Waals surface area contributed by atoms with Gasteiger partial charge in [0.15, 0.2) is 0 Å². The van der Waals surface area contributed by atoms with Crippen molar-refractivity contribution in [2.24, 2.45) is 5.73 Å². The molecule has 0 aromatic heterocycles. The second kappa shape index (κ2) is 7.26. The van der Waals surface area contributed by atoms with Gasteiger partial charge < -0.3 is 10.5 Å². The lowest BCUT2D eigenvalue weighted by Gasteiger charge is -2.25. The van der Waals surface area contributed by atoms with Crippen molar-refractivity contribution in [1.82, 2.24) is 4.72 Å². The molecule has 0 heterocycles. The topological polar surface area (TPSA) is 81.4 Å². The molecule has 8 heteroatoms. The van der Waals surface area contributed by atoms with Crippen LogP contribution in [-0.2, 0) is 21.3 Å². The molecule has 0 unspecified atom stereocenters. The van der Waals surface area contributed by atoms with Crippen molar-refractivity contribution in [2.45, 2.75) is 37.8 Å². The average Bonchev–Trinajstić information content (AvgIpc) is 2.39. The Kier molecular flexibility index (Phi) is 6.46. The number of nitrogens with one attached hydrogen (secondary N) is 1. The van der Waals surface area contributed by atoms with Crippen LogP contribution in [0, 0.1) is 0 Å². The Hall–Kier alpha value is -0.370. The minimum absolute atomic E-state index is 0.0792. The Bertz CT molecular complexity index is 604. The molecule has 0 atom stereocenters. The van der Waals surface area contributed by atoms with Crippen LogP contribution in [0.25, 0.3) is 0 Å². The maximum absolute atomic E-state index is 12.4. The van der Waals surface area contributed by atoms with Crippen molar-refractivity contribution in [3.05, 3.63) is 27.7 Å². The largest absolute Gasteiger partial charge is 0.375 e. The average molecular weight is 355 g/mol. The number of hydrogen-bond donors (Lipinski definition) is 2. The summed E-state index contributed by atoms with van der Waals surface area (Å²) in [5.41, 5.74) is 5.39. The fourth-order valence-electron chi connectivity index (χ4n) is 1.75. The van der Waals surface area contributed by atoms with E-state index in [-0.39, 0.29) is 28.0 Å². The van der Waals surface area contributed by atoms with Crippen LogP contribution in [-0.4, -0.2) is 27.2 Å². The molecule has 1 rings (SSSR count). The summed E-state index contributed by atoms with van der Waals surface area (Å²) in [5, 5.41) is 0.355. The molecule has 0 fully saturated rings. The minimum Gasteiger partial charge on any atom is -0.375 e. The Morgan fingerprint density at radius 2 is 1.95 bits per heavy atom. The number of sulfonamides is 1. The standard InChI is InChI=1S/C13H20Cl2N2O3S/c1-4-20-13(2,3)8-17-21(18,19)11-6-10(14)5-9(7-16)12(11)15/h5-6,17H,4,7-8,16H2,1-3H3. The molecule has 3 N–H and O–H groups in total. The minimum atomic E-state index is -3.80. The number of ether oxygens (including phenoxy) is 1. The van der Waals surface area contributed by atoms with Gasteiger partial charge in [-0.3, -0.25) is 0 Å².